The van der Waals surface area contributed by atoms with Gasteiger partial charge < -0.3 is 0 Å². The molecule has 0 aromatic carbocycles. The molecule has 0 aliphatic heterocycles. The number of hydrogen-bond acceptors (Lipinski definition) is 4. The summed E-state index contributed by atoms with van der Waals surface area (Å²) in [6.45, 7) is 0.302. The molecule has 0 aliphatic carbocycles. The fourth-order valence-corrected chi connectivity index (χ4v) is 1.29. The van der Waals surface area contributed by atoms with Crippen LogP contribution in [-0.4, -0.2) is 9.97 Å². The Kier molecular flexibility index (Phi) is 3.84. The van der Waals surface area contributed by atoms with Crippen LogP contribution in [0.4, 0.5) is 19.0 Å². The molecule has 0 N–H and O–H groups in total. The average molecular weight is 266 g/mol. The Morgan fingerprint density at radius 2 is 1.95 bits per heavy atom. The van der Waals surface area contributed by atoms with Crippen molar-refractivity contribution < 1.29 is 13.2 Å². The molecule has 0 saturated heterocycles. The average Bonchev–Trinajstić information content (AvgIpc) is 2.39. The summed E-state index contributed by atoms with van der Waals surface area (Å²) in [5.41, 5.74) is 0.0527. The minimum atomic E-state index is -4.39. The van der Waals surface area contributed by atoms with E-state index in [1.54, 1.807) is 18.5 Å². The van der Waals surface area contributed by atoms with Gasteiger partial charge in [0.25, 0.3) is 0 Å². The van der Waals surface area contributed by atoms with Crippen molar-refractivity contribution in [1.29, 1.82) is 0 Å². The molecule has 0 fully saturated rings. The van der Waals surface area contributed by atoms with Crippen molar-refractivity contribution >= 4 is 5.82 Å². The summed E-state index contributed by atoms with van der Waals surface area (Å²) in [6, 6.07) is 5.69. The molecule has 2 heterocycles. The molecule has 2 aromatic rings. The van der Waals surface area contributed by atoms with E-state index < -0.39 is 11.7 Å². The maximum Gasteiger partial charge on any atom is 0.417 e. The number of azo groups is 1. The van der Waals surface area contributed by atoms with Gasteiger partial charge in [-0.1, -0.05) is 6.07 Å². The Morgan fingerprint density at radius 1 is 1.11 bits per heavy atom. The van der Waals surface area contributed by atoms with Crippen LogP contribution in [-0.2, 0) is 12.7 Å². The van der Waals surface area contributed by atoms with Crippen LogP contribution < -0.4 is 0 Å². The van der Waals surface area contributed by atoms with Gasteiger partial charge in [-0.25, -0.2) is 4.98 Å². The lowest BCUT2D eigenvalue weighted by Gasteiger charge is -2.04. The molecular formula is C12H9F3N4. The minimum absolute atomic E-state index is 0.136. The largest absolute Gasteiger partial charge is 0.417 e. The highest BCUT2D eigenvalue weighted by Gasteiger charge is 2.30. The van der Waals surface area contributed by atoms with Crippen LogP contribution in [0.1, 0.15) is 11.1 Å². The monoisotopic (exact) mass is 266 g/mol. The van der Waals surface area contributed by atoms with Gasteiger partial charge in [-0.15, -0.1) is 5.11 Å². The number of aromatic nitrogens is 2. The highest BCUT2D eigenvalue weighted by molar-refractivity contribution is 5.29. The lowest BCUT2D eigenvalue weighted by Crippen LogP contribution is -2.04. The molecule has 0 radical (unpaired) electrons. The van der Waals surface area contributed by atoms with Crippen LogP contribution in [0.5, 0.6) is 0 Å². The molecule has 0 atom stereocenters. The molecule has 4 nitrogen and oxygen atoms in total. The Hall–Kier alpha value is -2.31. The first-order chi connectivity index (χ1) is 9.05. The molecule has 19 heavy (non-hydrogen) atoms. The second kappa shape index (κ2) is 5.55. The Morgan fingerprint density at radius 3 is 2.53 bits per heavy atom. The third kappa shape index (κ3) is 3.84. The van der Waals surface area contributed by atoms with Gasteiger partial charge in [0.05, 0.1) is 12.1 Å². The summed E-state index contributed by atoms with van der Waals surface area (Å²) in [6.07, 6.45) is -0.381. The molecule has 0 amide bonds. The van der Waals surface area contributed by atoms with Gasteiger partial charge in [0.2, 0.25) is 0 Å². The highest BCUT2D eigenvalue weighted by atomic mass is 19.4. The number of pyridine rings is 2. The van der Waals surface area contributed by atoms with E-state index in [9.17, 15) is 13.2 Å². The smallest absolute Gasteiger partial charge is 0.264 e. The van der Waals surface area contributed by atoms with Crippen molar-refractivity contribution in [3.63, 3.8) is 0 Å². The standard InChI is InChI=1S/C12H9F3N4/c13-12(14,15)10-3-4-11(17-8-10)19-18-7-9-2-1-5-16-6-9/h1-6,8H,7H2. The van der Waals surface area contributed by atoms with E-state index in [-0.39, 0.29) is 5.82 Å². The fourth-order valence-electron chi connectivity index (χ4n) is 1.29. The third-order valence-electron chi connectivity index (χ3n) is 2.22. The topological polar surface area (TPSA) is 50.5 Å². The number of rotatable bonds is 3. The number of nitrogens with zero attached hydrogens (tertiary/aromatic N) is 4. The van der Waals surface area contributed by atoms with Crippen molar-refractivity contribution in [3.8, 4) is 0 Å². The molecule has 0 spiro atoms. The van der Waals surface area contributed by atoms with Gasteiger partial charge >= 0.3 is 6.18 Å². The number of hydrogen-bond donors (Lipinski definition) is 0. The Balaban J connectivity index is 2.00. The molecule has 0 aliphatic rings. The van der Waals surface area contributed by atoms with Gasteiger partial charge in [-0.05, 0) is 23.8 Å². The zero-order valence-electron chi connectivity index (χ0n) is 9.67. The van der Waals surface area contributed by atoms with Crippen molar-refractivity contribution in [2.75, 3.05) is 0 Å². The summed E-state index contributed by atoms with van der Waals surface area (Å²) in [5.74, 6) is 0.136. The first-order valence-corrected chi connectivity index (χ1v) is 5.35. The van der Waals surface area contributed by atoms with E-state index in [0.717, 1.165) is 17.8 Å². The first-order valence-electron chi connectivity index (χ1n) is 5.35. The minimum Gasteiger partial charge on any atom is -0.264 e. The third-order valence-corrected chi connectivity index (χ3v) is 2.22. The van der Waals surface area contributed by atoms with Crippen molar-refractivity contribution in [1.82, 2.24) is 9.97 Å². The number of halogens is 3. The van der Waals surface area contributed by atoms with Crippen molar-refractivity contribution in [2.45, 2.75) is 12.7 Å². The lowest BCUT2D eigenvalue weighted by molar-refractivity contribution is -0.137. The molecule has 98 valence electrons. The molecular weight excluding hydrogens is 257 g/mol. The highest BCUT2D eigenvalue weighted by Crippen LogP contribution is 2.29. The van der Waals surface area contributed by atoms with Gasteiger partial charge in [0.1, 0.15) is 0 Å². The normalized spacial score (nSPS) is 11.9. The zero-order valence-corrected chi connectivity index (χ0v) is 9.67. The molecule has 0 unspecified atom stereocenters. The molecule has 2 aromatic heterocycles. The molecule has 7 heteroatoms. The van der Waals surface area contributed by atoms with Crippen LogP contribution in [0, 0.1) is 0 Å². The van der Waals surface area contributed by atoms with Crippen LogP contribution in [0.25, 0.3) is 0 Å². The summed E-state index contributed by atoms with van der Waals surface area (Å²) < 4.78 is 36.9. The van der Waals surface area contributed by atoms with E-state index in [2.05, 4.69) is 20.2 Å². The van der Waals surface area contributed by atoms with Crippen molar-refractivity contribution in [2.24, 2.45) is 10.2 Å². The number of alkyl halides is 3. The maximum atomic E-state index is 12.3. The van der Waals surface area contributed by atoms with E-state index in [4.69, 9.17) is 0 Å². The quantitative estimate of drug-likeness (QED) is 0.794. The SMILES string of the molecule is FC(F)(F)c1ccc(N=NCc2cccnc2)nc1. The van der Waals surface area contributed by atoms with Gasteiger partial charge in [-0.2, -0.15) is 18.3 Å². The van der Waals surface area contributed by atoms with Crippen LogP contribution in [0.15, 0.2) is 53.1 Å². The zero-order chi connectivity index (χ0) is 13.7. The summed E-state index contributed by atoms with van der Waals surface area (Å²) >= 11 is 0. The molecule has 2 rings (SSSR count). The van der Waals surface area contributed by atoms with Gasteiger partial charge in [-0.3, -0.25) is 4.98 Å². The molecule has 0 bridgehead atoms. The fraction of sp³-hybridized carbons (Fsp3) is 0.167. The van der Waals surface area contributed by atoms with Crippen LogP contribution in [0.2, 0.25) is 0 Å². The van der Waals surface area contributed by atoms with Crippen LogP contribution in [0.3, 0.4) is 0 Å². The van der Waals surface area contributed by atoms with E-state index in [0.29, 0.717) is 6.54 Å². The van der Waals surface area contributed by atoms with Gasteiger partial charge in [0.15, 0.2) is 5.82 Å². The predicted molar refractivity (Wildman–Crippen MR) is 61.7 cm³/mol. The molecule has 0 saturated carbocycles. The summed E-state index contributed by atoms with van der Waals surface area (Å²) in [7, 11) is 0. The lowest BCUT2D eigenvalue weighted by atomic mass is 10.3. The Bertz CT molecular complexity index is 549. The summed E-state index contributed by atoms with van der Waals surface area (Å²) in [5, 5.41) is 7.59. The van der Waals surface area contributed by atoms with E-state index >= 15 is 0 Å². The van der Waals surface area contributed by atoms with E-state index in [1.807, 2.05) is 6.07 Å². The van der Waals surface area contributed by atoms with Crippen LogP contribution >= 0.6 is 0 Å². The maximum absolute atomic E-state index is 12.3. The second-order valence-corrected chi connectivity index (χ2v) is 3.66. The van der Waals surface area contributed by atoms with Gasteiger partial charge in [0, 0.05) is 18.6 Å². The van der Waals surface area contributed by atoms with E-state index in [1.165, 1.54) is 6.07 Å². The Labute approximate surface area is 107 Å². The predicted octanol–water partition coefficient (Wildman–Crippen LogP) is 3.78. The first kappa shape index (κ1) is 13.1. The summed E-state index contributed by atoms with van der Waals surface area (Å²) in [4.78, 5) is 7.49. The second-order valence-electron chi connectivity index (χ2n) is 3.66. The van der Waals surface area contributed by atoms with Crippen molar-refractivity contribution in [3.05, 3.63) is 54.0 Å².